The van der Waals surface area contributed by atoms with Gasteiger partial charge in [-0.1, -0.05) is 29.8 Å². The Labute approximate surface area is 147 Å². The Morgan fingerprint density at radius 3 is 2.96 bits per heavy atom. The van der Waals surface area contributed by atoms with Gasteiger partial charge in [-0.05, 0) is 13.0 Å². The van der Waals surface area contributed by atoms with Crippen LogP contribution in [0, 0.1) is 0 Å². The molecule has 0 spiro atoms. The van der Waals surface area contributed by atoms with Crippen molar-refractivity contribution in [3.63, 3.8) is 0 Å². The highest BCUT2D eigenvalue weighted by molar-refractivity contribution is 6.32. The number of para-hydroxylation sites is 1. The normalized spacial score (nSPS) is 11.6. The summed E-state index contributed by atoms with van der Waals surface area (Å²) >= 11 is 5.89. The number of azo groups is 1. The third kappa shape index (κ3) is 3.40. The lowest BCUT2D eigenvalue weighted by atomic mass is 10.2. The van der Waals surface area contributed by atoms with Gasteiger partial charge in [0, 0.05) is 18.5 Å². The fraction of sp³-hybridized carbons (Fsp3) is 0.250. The molecule has 0 atom stereocenters. The van der Waals surface area contributed by atoms with Crippen molar-refractivity contribution in [2.75, 3.05) is 13.2 Å². The third-order valence-corrected chi connectivity index (χ3v) is 3.98. The zero-order valence-corrected chi connectivity index (χ0v) is 14.2. The molecule has 9 heteroatoms. The predicted molar refractivity (Wildman–Crippen MR) is 94.1 cm³/mol. The van der Waals surface area contributed by atoms with Crippen molar-refractivity contribution in [1.29, 1.82) is 0 Å². The highest BCUT2D eigenvalue weighted by Crippen LogP contribution is 2.39. The Hall–Kier alpha value is -2.71. The molecule has 2 heterocycles. The summed E-state index contributed by atoms with van der Waals surface area (Å²) < 4.78 is 7.06. The van der Waals surface area contributed by atoms with E-state index >= 15 is 0 Å². The Balaban J connectivity index is 2.04. The number of aromatic hydroxyl groups is 1. The monoisotopic (exact) mass is 361 g/mol. The van der Waals surface area contributed by atoms with Crippen molar-refractivity contribution in [3.8, 4) is 5.88 Å². The molecule has 0 fully saturated rings. The Morgan fingerprint density at radius 2 is 2.16 bits per heavy atom. The third-order valence-electron chi connectivity index (χ3n) is 3.62. The minimum atomic E-state index is -0.554. The van der Waals surface area contributed by atoms with Gasteiger partial charge >= 0.3 is 0 Å². The van der Waals surface area contributed by atoms with Crippen LogP contribution in [-0.2, 0) is 11.3 Å². The van der Waals surface area contributed by atoms with Crippen LogP contribution in [0.15, 0.2) is 45.5 Å². The van der Waals surface area contributed by atoms with Gasteiger partial charge in [0.05, 0.1) is 18.3 Å². The largest absolute Gasteiger partial charge is 0.493 e. The molecule has 0 aliphatic heterocycles. The SMILES string of the molecule is CCOCCn1c(O)c(N=Nc2cn[nH]c(=O)c2Cl)c2ccccc21. The molecular weight excluding hydrogens is 346 g/mol. The lowest BCUT2D eigenvalue weighted by Gasteiger charge is -2.06. The number of ether oxygens (including phenoxy) is 1. The first kappa shape index (κ1) is 17.1. The molecule has 0 saturated carbocycles. The Kier molecular flexibility index (Phi) is 5.11. The lowest BCUT2D eigenvalue weighted by molar-refractivity contribution is 0.138. The molecule has 3 aromatic rings. The Morgan fingerprint density at radius 1 is 1.36 bits per heavy atom. The summed E-state index contributed by atoms with van der Waals surface area (Å²) in [6.45, 7) is 3.44. The second kappa shape index (κ2) is 7.45. The van der Waals surface area contributed by atoms with E-state index < -0.39 is 5.56 Å². The van der Waals surface area contributed by atoms with E-state index in [-0.39, 0.29) is 16.6 Å². The van der Waals surface area contributed by atoms with E-state index in [1.807, 2.05) is 31.2 Å². The summed E-state index contributed by atoms with van der Waals surface area (Å²) in [4.78, 5) is 11.5. The second-order valence-corrected chi connectivity index (χ2v) is 5.51. The van der Waals surface area contributed by atoms with Crippen LogP contribution in [0.4, 0.5) is 11.4 Å². The average Bonchev–Trinajstić information content (AvgIpc) is 2.88. The van der Waals surface area contributed by atoms with Crippen molar-refractivity contribution in [3.05, 3.63) is 45.8 Å². The molecule has 0 radical (unpaired) electrons. The van der Waals surface area contributed by atoms with E-state index in [0.717, 1.165) is 10.9 Å². The summed E-state index contributed by atoms with van der Waals surface area (Å²) in [6.07, 6.45) is 1.29. The van der Waals surface area contributed by atoms with Crippen molar-refractivity contribution in [2.45, 2.75) is 13.5 Å². The summed E-state index contributed by atoms with van der Waals surface area (Å²) in [5, 5.41) is 25.1. The van der Waals surface area contributed by atoms with Crippen LogP contribution in [0.1, 0.15) is 6.92 Å². The Bertz CT molecular complexity index is 980. The quantitative estimate of drug-likeness (QED) is 0.517. The summed E-state index contributed by atoms with van der Waals surface area (Å²) in [5.41, 5.74) is 0.671. The van der Waals surface area contributed by atoms with E-state index in [0.29, 0.717) is 25.4 Å². The van der Waals surface area contributed by atoms with Crippen molar-refractivity contribution in [1.82, 2.24) is 14.8 Å². The summed E-state index contributed by atoms with van der Waals surface area (Å²) in [5.74, 6) is -0.0291. The first-order valence-corrected chi connectivity index (χ1v) is 8.04. The van der Waals surface area contributed by atoms with Crippen LogP contribution in [0.5, 0.6) is 5.88 Å². The number of hydrogen-bond acceptors (Lipinski definition) is 6. The molecule has 0 saturated heterocycles. The molecule has 0 aliphatic rings. The van der Waals surface area contributed by atoms with Crippen LogP contribution in [-0.4, -0.2) is 33.1 Å². The zero-order chi connectivity index (χ0) is 17.8. The summed E-state index contributed by atoms with van der Waals surface area (Å²) in [7, 11) is 0. The minimum absolute atomic E-state index is 0.0291. The number of rotatable bonds is 6. The minimum Gasteiger partial charge on any atom is -0.493 e. The topological polar surface area (TPSA) is 105 Å². The molecule has 2 N–H and O–H groups in total. The lowest BCUT2D eigenvalue weighted by Crippen LogP contribution is -2.06. The van der Waals surface area contributed by atoms with E-state index in [9.17, 15) is 9.90 Å². The number of aromatic nitrogens is 3. The molecule has 25 heavy (non-hydrogen) atoms. The van der Waals surface area contributed by atoms with Gasteiger partial charge in [0.15, 0.2) is 5.69 Å². The maximum atomic E-state index is 11.5. The number of hydrogen-bond donors (Lipinski definition) is 2. The molecule has 0 unspecified atom stereocenters. The van der Waals surface area contributed by atoms with Crippen molar-refractivity contribution >= 4 is 33.9 Å². The smallest absolute Gasteiger partial charge is 0.285 e. The number of aromatic amines is 1. The van der Waals surface area contributed by atoms with Crippen molar-refractivity contribution in [2.24, 2.45) is 10.2 Å². The number of halogens is 1. The van der Waals surface area contributed by atoms with Crippen LogP contribution >= 0.6 is 11.6 Å². The molecule has 0 bridgehead atoms. The summed E-state index contributed by atoms with van der Waals surface area (Å²) in [6, 6.07) is 7.42. The first-order chi connectivity index (χ1) is 12.1. The number of fused-ring (bicyclic) bond motifs is 1. The van der Waals surface area contributed by atoms with Gasteiger partial charge in [0.1, 0.15) is 10.7 Å². The van der Waals surface area contributed by atoms with Crippen LogP contribution in [0.25, 0.3) is 10.9 Å². The van der Waals surface area contributed by atoms with Gasteiger partial charge in [-0.3, -0.25) is 4.79 Å². The average molecular weight is 362 g/mol. The van der Waals surface area contributed by atoms with Crippen molar-refractivity contribution < 1.29 is 9.84 Å². The van der Waals surface area contributed by atoms with E-state index in [2.05, 4.69) is 20.4 Å². The maximum Gasteiger partial charge on any atom is 0.285 e. The number of benzene rings is 1. The fourth-order valence-electron chi connectivity index (χ4n) is 2.44. The van der Waals surface area contributed by atoms with Gasteiger partial charge in [-0.15, -0.1) is 10.2 Å². The number of H-pyrrole nitrogens is 1. The van der Waals surface area contributed by atoms with Gasteiger partial charge in [-0.25, -0.2) is 5.10 Å². The molecule has 0 amide bonds. The second-order valence-electron chi connectivity index (χ2n) is 5.14. The molecule has 2 aromatic heterocycles. The molecule has 8 nitrogen and oxygen atoms in total. The van der Waals surface area contributed by atoms with E-state index in [4.69, 9.17) is 16.3 Å². The highest BCUT2D eigenvalue weighted by atomic mass is 35.5. The standard InChI is InChI=1S/C16H16ClN5O3/c1-2-25-8-7-22-12-6-4-3-5-10(12)14(16(22)24)20-19-11-9-18-21-15(23)13(11)17/h3-6,9,24H,2,7-8H2,1H3,(H,21,23). The fourth-order valence-corrected chi connectivity index (χ4v) is 2.57. The molecule has 3 rings (SSSR count). The highest BCUT2D eigenvalue weighted by Gasteiger charge is 2.16. The van der Waals surface area contributed by atoms with Gasteiger partial charge in [0.2, 0.25) is 5.88 Å². The molecular formula is C16H16ClN5O3. The molecule has 1 aromatic carbocycles. The van der Waals surface area contributed by atoms with Crippen LogP contribution in [0.3, 0.4) is 0 Å². The van der Waals surface area contributed by atoms with Crippen LogP contribution < -0.4 is 5.56 Å². The predicted octanol–water partition coefficient (Wildman–Crippen LogP) is 3.54. The number of nitrogens with one attached hydrogen (secondary N) is 1. The van der Waals surface area contributed by atoms with Gasteiger partial charge in [-0.2, -0.15) is 5.10 Å². The van der Waals surface area contributed by atoms with Gasteiger partial charge < -0.3 is 14.4 Å². The number of nitrogens with zero attached hydrogens (tertiary/aromatic N) is 4. The van der Waals surface area contributed by atoms with Crippen LogP contribution in [0.2, 0.25) is 5.02 Å². The molecule has 130 valence electrons. The van der Waals surface area contributed by atoms with E-state index in [1.165, 1.54) is 6.20 Å². The van der Waals surface area contributed by atoms with E-state index in [1.54, 1.807) is 4.57 Å². The zero-order valence-electron chi connectivity index (χ0n) is 13.4. The molecule has 0 aliphatic carbocycles. The van der Waals surface area contributed by atoms with Gasteiger partial charge in [0.25, 0.3) is 5.56 Å². The first-order valence-electron chi connectivity index (χ1n) is 7.66. The maximum absolute atomic E-state index is 11.5.